The number of hydrogen-bond donors (Lipinski definition) is 2. The highest BCUT2D eigenvalue weighted by molar-refractivity contribution is 5.76. The lowest BCUT2D eigenvalue weighted by Crippen LogP contribution is -2.51. The minimum Gasteiger partial charge on any atom is -0.508 e. The van der Waals surface area contributed by atoms with Crippen LogP contribution in [-0.2, 0) is 11.2 Å². The van der Waals surface area contributed by atoms with Crippen molar-refractivity contribution in [1.82, 2.24) is 4.90 Å². The number of para-hydroxylation sites is 1. The largest absolute Gasteiger partial charge is 0.508 e. The summed E-state index contributed by atoms with van der Waals surface area (Å²) in [6.45, 7) is 0.460. The van der Waals surface area contributed by atoms with Gasteiger partial charge in [0.1, 0.15) is 35.3 Å². The molecule has 0 aromatic heterocycles. The molecule has 1 aliphatic heterocycles. The Morgan fingerprint density at radius 1 is 1.19 bits per heavy atom. The number of piperidine rings is 1. The van der Waals surface area contributed by atoms with Gasteiger partial charge in [-0.1, -0.05) is 18.2 Å². The number of ether oxygens (including phenoxy) is 1. The number of benzene rings is 2. The Bertz CT molecular complexity index is 794. The summed E-state index contributed by atoms with van der Waals surface area (Å²) < 4.78 is 32.0. The summed E-state index contributed by atoms with van der Waals surface area (Å²) in [4.78, 5) is 13.9. The molecular formula is C20H21F2NO4. The molecule has 0 unspecified atom stereocenters. The Balaban J connectivity index is 1.53. The first kappa shape index (κ1) is 19.1. The fraction of sp³-hybridized carbons (Fsp3) is 0.350. The number of hydrogen-bond acceptors (Lipinski definition) is 4. The molecule has 1 amide bonds. The minimum atomic E-state index is -0.959. The van der Waals surface area contributed by atoms with Gasteiger partial charge in [0.05, 0.1) is 6.54 Å². The molecular weight excluding hydrogens is 356 g/mol. The summed E-state index contributed by atoms with van der Waals surface area (Å²) in [6.07, 6.45) is -0.639. The van der Waals surface area contributed by atoms with Crippen LogP contribution in [-0.4, -0.2) is 46.3 Å². The van der Waals surface area contributed by atoms with Crippen molar-refractivity contribution in [2.24, 2.45) is 0 Å². The zero-order chi connectivity index (χ0) is 19.4. The highest BCUT2D eigenvalue weighted by Gasteiger charge is 2.31. The molecule has 0 radical (unpaired) electrons. The van der Waals surface area contributed by atoms with Gasteiger partial charge in [0.25, 0.3) is 0 Å². The quantitative estimate of drug-likeness (QED) is 0.841. The van der Waals surface area contributed by atoms with Gasteiger partial charge in [-0.3, -0.25) is 4.79 Å². The van der Waals surface area contributed by atoms with E-state index in [2.05, 4.69) is 0 Å². The smallest absolute Gasteiger partial charge is 0.222 e. The molecule has 2 atom stereocenters. The molecule has 0 bridgehead atoms. The van der Waals surface area contributed by atoms with Crippen molar-refractivity contribution < 1.29 is 28.5 Å². The lowest BCUT2D eigenvalue weighted by atomic mass is 10.0. The molecule has 0 spiro atoms. The molecule has 2 aromatic carbocycles. The third-order valence-corrected chi connectivity index (χ3v) is 4.60. The van der Waals surface area contributed by atoms with E-state index in [-0.39, 0.29) is 30.4 Å². The lowest BCUT2D eigenvalue weighted by Gasteiger charge is -2.36. The predicted molar refractivity (Wildman–Crippen MR) is 94.4 cm³/mol. The number of aliphatic hydroxyl groups excluding tert-OH is 1. The third-order valence-electron chi connectivity index (χ3n) is 4.60. The van der Waals surface area contributed by atoms with Crippen LogP contribution in [0, 0.1) is 11.6 Å². The van der Waals surface area contributed by atoms with E-state index < -0.39 is 23.8 Å². The average Bonchev–Trinajstić information content (AvgIpc) is 2.61. The number of β-amino-alcohol motifs (C(OH)–C–C–N with tert-alkyl or cyclic N) is 1. The van der Waals surface area contributed by atoms with Crippen LogP contribution in [0.15, 0.2) is 42.5 Å². The Labute approximate surface area is 155 Å². The normalized spacial score (nSPS) is 19.7. The van der Waals surface area contributed by atoms with Gasteiger partial charge in [-0.15, -0.1) is 0 Å². The van der Waals surface area contributed by atoms with Crippen LogP contribution in [0.25, 0.3) is 0 Å². The van der Waals surface area contributed by atoms with Crippen molar-refractivity contribution in [2.45, 2.75) is 31.5 Å². The molecule has 144 valence electrons. The Morgan fingerprint density at radius 2 is 1.89 bits per heavy atom. The first-order valence-corrected chi connectivity index (χ1v) is 8.78. The molecule has 1 saturated heterocycles. The zero-order valence-corrected chi connectivity index (χ0v) is 14.6. The molecule has 3 rings (SSSR count). The van der Waals surface area contributed by atoms with Gasteiger partial charge in [-0.25, -0.2) is 8.78 Å². The second kappa shape index (κ2) is 8.35. The summed E-state index contributed by atoms with van der Waals surface area (Å²) in [7, 11) is 0. The van der Waals surface area contributed by atoms with Crippen molar-refractivity contribution in [3.63, 3.8) is 0 Å². The fourth-order valence-corrected chi connectivity index (χ4v) is 3.17. The van der Waals surface area contributed by atoms with Crippen molar-refractivity contribution in [3.8, 4) is 11.5 Å². The number of amides is 1. The highest BCUT2D eigenvalue weighted by Crippen LogP contribution is 2.23. The van der Waals surface area contributed by atoms with Crippen LogP contribution in [0.1, 0.15) is 18.4 Å². The number of likely N-dealkylation sites (tertiary alicyclic amines) is 1. The molecule has 1 heterocycles. The van der Waals surface area contributed by atoms with Gasteiger partial charge in [-0.05, 0) is 18.1 Å². The summed E-state index contributed by atoms with van der Waals surface area (Å²) in [5.74, 6) is -1.48. The molecule has 27 heavy (non-hydrogen) atoms. The van der Waals surface area contributed by atoms with Crippen molar-refractivity contribution in [3.05, 3.63) is 59.7 Å². The van der Waals surface area contributed by atoms with E-state index in [0.29, 0.717) is 24.9 Å². The van der Waals surface area contributed by atoms with E-state index in [1.807, 2.05) is 0 Å². The van der Waals surface area contributed by atoms with Crippen LogP contribution in [0.4, 0.5) is 8.78 Å². The zero-order valence-electron chi connectivity index (χ0n) is 14.6. The van der Waals surface area contributed by atoms with E-state index in [1.54, 1.807) is 24.3 Å². The maximum absolute atomic E-state index is 13.2. The first-order valence-electron chi connectivity index (χ1n) is 8.78. The molecule has 2 N–H and O–H groups in total. The van der Waals surface area contributed by atoms with Gasteiger partial charge in [0.15, 0.2) is 0 Å². The van der Waals surface area contributed by atoms with Gasteiger partial charge in [0.2, 0.25) is 5.91 Å². The molecule has 2 aromatic rings. The van der Waals surface area contributed by atoms with Crippen molar-refractivity contribution in [2.75, 3.05) is 13.1 Å². The van der Waals surface area contributed by atoms with Crippen molar-refractivity contribution in [1.29, 1.82) is 0 Å². The topological polar surface area (TPSA) is 70.0 Å². The first-order chi connectivity index (χ1) is 12.9. The SMILES string of the molecule is O=C(CCc1ccccc1O)N1CC[C@@H](Oc2cc(F)cc(F)c2)[C@H](O)C1. The second-order valence-corrected chi connectivity index (χ2v) is 6.59. The van der Waals surface area contributed by atoms with E-state index in [0.717, 1.165) is 18.2 Å². The number of aryl methyl sites for hydroxylation is 1. The average molecular weight is 377 g/mol. The number of aliphatic hydroxyl groups is 1. The third kappa shape index (κ3) is 4.95. The number of aromatic hydroxyl groups is 1. The second-order valence-electron chi connectivity index (χ2n) is 6.59. The Kier molecular flexibility index (Phi) is 5.91. The van der Waals surface area contributed by atoms with E-state index in [9.17, 15) is 23.8 Å². The fourth-order valence-electron chi connectivity index (χ4n) is 3.17. The summed E-state index contributed by atoms with van der Waals surface area (Å²) in [5, 5.41) is 20.0. The van der Waals surface area contributed by atoms with Gasteiger partial charge in [-0.2, -0.15) is 0 Å². The van der Waals surface area contributed by atoms with E-state index in [4.69, 9.17) is 4.74 Å². The van der Waals surface area contributed by atoms with Crippen LogP contribution < -0.4 is 4.74 Å². The summed E-state index contributed by atoms with van der Waals surface area (Å²) in [6, 6.07) is 9.69. The maximum Gasteiger partial charge on any atom is 0.222 e. The van der Waals surface area contributed by atoms with Gasteiger partial charge in [0, 0.05) is 37.6 Å². The van der Waals surface area contributed by atoms with Crippen LogP contribution in [0.2, 0.25) is 0 Å². The maximum atomic E-state index is 13.2. The number of carbonyl (C=O) groups is 1. The molecule has 5 nitrogen and oxygen atoms in total. The van der Waals surface area contributed by atoms with E-state index in [1.165, 1.54) is 4.90 Å². The molecule has 0 saturated carbocycles. The lowest BCUT2D eigenvalue weighted by molar-refractivity contribution is -0.137. The van der Waals surface area contributed by atoms with Crippen LogP contribution >= 0.6 is 0 Å². The highest BCUT2D eigenvalue weighted by atomic mass is 19.1. The number of nitrogens with zero attached hydrogens (tertiary/aromatic N) is 1. The van der Waals surface area contributed by atoms with Gasteiger partial charge < -0.3 is 19.8 Å². The molecule has 7 heteroatoms. The van der Waals surface area contributed by atoms with Crippen LogP contribution in [0.3, 0.4) is 0 Å². The van der Waals surface area contributed by atoms with Crippen molar-refractivity contribution >= 4 is 5.91 Å². The number of carbonyl (C=O) groups excluding carboxylic acids is 1. The monoisotopic (exact) mass is 377 g/mol. The summed E-state index contributed by atoms with van der Waals surface area (Å²) >= 11 is 0. The standard InChI is InChI=1S/C20H21F2NO4/c21-14-9-15(22)11-16(10-14)27-19-7-8-23(12-18(19)25)20(26)6-5-13-3-1-2-4-17(13)24/h1-4,9-11,18-19,24-25H,5-8,12H2/t18-,19-/m1/s1. The number of phenolic OH excluding ortho intramolecular Hbond substituents is 1. The number of halogens is 2. The van der Waals surface area contributed by atoms with E-state index >= 15 is 0 Å². The number of rotatable bonds is 5. The minimum absolute atomic E-state index is 0.0101. The predicted octanol–water partition coefficient (Wildman–Crippen LogP) is 2.64. The van der Waals surface area contributed by atoms with Crippen LogP contribution in [0.5, 0.6) is 11.5 Å². The summed E-state index contributed by atoms with van der Waals surface area (Å²) in [5.41, 5.74) is 0.692. The Hall–Kier alpha value is -2.67. The molecule has 0 aliphatic carbocycles. The molecule has 1 aliphatic rings. The molecule has 1 fully saturated rings. The Morgan fingerprint density at radius 3 is 2.56 bits per heavy atom. The van der Waals surface area contributed by atoms with Gasteiger partial charge >= 0.3 is 0 Å². The number of phenols is 1.